The number of para-hydroxylation sites is 1. The van der Waals surface area contributed by atoms with Crippen LogP contribution >= 0.6 is 11.8 Å². The molecule has 2 heterocycles. The molecular weight excluding hydrogens is 324 g/mol. The molecule has 0 spiro atoms. The summed E-state index contributed by atoms with van der Waals surface area (Å²) in [6, 6.07) is 11.2. The molecule has 6 nitrogen and oxygen atoms in total. The summed E-state index contributed by atoms with van der Waals surface area (Å²) in [5.74, 6) is 0.855. The SMILES string of the molecule is CN(C)c1ccc(NC(=O)CN2C(=O)CSc3ccccc32)cn1. The predicted octanol–water partition coefficient (Wildman–Crippen LogP) is 2.22. The minimum absolute atomic E-state index is 0.00810. The number of hydrogen-bond acceptors (Lipinski definition) is 5. The van der Waals surface area contributed by atoms with Gasteiger partial charge in [0.2, 0.25) is 11.8 Å². The molecule has 0 saturated carbocycles. The Hall–Kier alpha value is -2.54. The first kappa shape index (κ1) is 16.3. The number of pyridine rings is 1. The summed E-state index contributed by atoms with van der Waals surface area (Å²) < 4.78 is 0. The fraction of sp³-hybridized carbons (Fsp3) is 0.235. The van der Waals surface area contributed by atoms with Crippen LogP contribution < -0.4 is 15.1 Å². The lowest BCUT2D eigenvalue weighted by molar-refractivity contribution is -0.120. The molecule has 7 heteroatoms. The van der Waals surface area contributed by atoms with Crippen LogP contribution in [0.25, 0.3) is 0 Å². The molecule has 1 aromatic carbocycles. The van der Waals surface area contributed by atoms with E-state index in [1.165, 1.54) is 16.7 Å². The molecule has 0 fully saturated rings. The summed E-state index contributed by atoms with van der Waals surface area (Å²) in [7, 11) is 3.80. The van der Waals surface area contributed by atoms with Gasteiger partial charge in [-0.05, 0) is 24.3 Å². The third kappa shape index (κ3) is 3.51. The van der Waals surface area contributed by atoms with Crippen molar-refractivity contribution < 1.29 is 9.59 Å². The molecule has 0 bridgehead atoms. The van der Waals surface area contributed by atoms with E-state index in [0.29, 0.717) is 11.4 Å². The molecule has 0 unspecified atom stereocenters. The average Bonchev–Trinajstić information content (AvgIpc) is 2.58. The smallest absolute Gasteiger partial charge is 0.244 e. The van der Waals surface area contributed by atoms with E-state index in [1.54, 1.807) is 12.3 Å². The number of hydrogen-bond donors (Lipinski definition) is 1. The number of nitrogens with zero attached hydrogens (tertiary/aromatic N) is 3. The van der Waals surface area contributed by atoms with Crippen LogP contribution in [0.3, 0.4) is 0 Å². The van der Waals surface area contributed by atoms with Crippen molar-refractivity contribution >= 4 is 40.8 Å². The van der Waals surface area contributed by atoms with Gasteiger partial charge in [-0.25, -0.2) is 4.98 Å². The molecule has 0 aliphatic carbocycles. The zero-order chi connectivity index (χ0) is 17.1. The topological polar surface area (TPSA) is 65.5 Å². The molecule has 0 radical (unpaired) electrons. The molecule has 2 amide bonds. The van der Waals surface area contributed by atoms with Crippen LogP contribution in [0.2, 0.25) is 0 Å². The molecule has 0 atom stereocenters. The second-order valence-electron chi connectivity index (χ2n) is 5.58. The average molecular weight is 342 g/mol. The van der Waals surface area contributed by atoms with E-state index in [2.05, 4.69) is 10.3 Å². The Bertz CT molecular complexity index is 761. The third-order valence-electron chi connectivity index (χ3n) is 3.60. The summed E-state index contributed by atoms with van der Waals surface area (Å²) in [5, 5.41) is 2.79. The van der Waals surface area contributed by atoms with Crippen LogP contribution in [-0.4, -0.2) is 43.2 Å². The fourth-order valence-corrected chi connectivity index (χ4v) is 3.33. The van der Waals surface area contributed by atoms with Gasteiger partial charge in [-0.2, -0.15) is 0 Å². The van der Waals surface area contributed by atoms with Crippen molar-refractivity contribution in [1.29, 1.82) is 0 Å². The van der Waals surface area contributed by atoms with E-state index in [4.69, 9.17) is 0 Å². The van der Waals surface area contributed by atoms with Crippen LogP contribution in [0.5, 0.6) is 0 Å². The highest BCUT2D eigenvalue weighted by Crippen LogP contribution is 2.34. The van der Waals surface area contributed by atoms with Gasteiger partial charge in [0.25, 0.3) is 0 Å². The van der Waals surface area contributed by atoms with Gasteiger partial charge in [-0.3, -0.25) is 9.59 Å². The van der Waals surface area contributed by atoms with Crippen LogP contribution in [0.1, 0.15) is 0 Å². The van der Waals surface area contributed by atoms with E-state index in [-0.39, 0.29) is 18.4 Å². The van der Waals surface area contributed by atoms with Gasteiger partial charge in [-0.1, -0.05) is 12.1 Å². The lowest BCUT2D eigenvalue weighted by Gasteiger charge is -2.28. The van der Waals surface area contributed by atoms with Crippen LogP contribution in [0.15, 0.2) is 47.5 Å². The van der Waals surface area contributed by atoms with Crippen molar-refractivity contribution in [2.75, 3.05) is 41.5 Å². The van der Waals surface area contributed by atoms with Crippen molar-refractivity contribution in [2.45, 2.75) is 4.90 Å². The highest BCUT2D eigenvalue weighted by atomic mass is 32.2. The summed E-state index contributed by atoms with van der Waals surface area (Å²) >= 11 is 1.50. The first-order chi connectivity index (χ1) is 11.5. The number of carbonyl (C=O) groups is 2. The summed E-state index contributed by atoms with van der Waals surface area (Å²) in [6.07, 6.45) is 1.61. The first-order valence-electron chi connectivity index (χ1n) is 7.50. The van der Waals surface area contributed by atoms with Crippen molar-refractivity contribution in [3.05, 3.63) is 42.6 Å². The highest BCUT2D eigenvalue weighted by Gasteiger charge is 2.26. The van der Waals surface area contributed by atoms with Gasteiger partial charge in [0.05, 0.1) is 23.3 Å². The largest absolute Gasteiger partial charge is 0.363 e. The standard InChI is InChI=1S/C17H18N4O2S/c1-20(2)15-8-7-12(9-18-15)19-16(22)10-21-13-5-3-4-6-14(13)24-11-17(21)23/h3-9H,10-11H2,1-2H3,(H,19,22). The van der Waals surface area contributed by atoms with Gasteiger partial charge in [0.15, 0.2) is 0 Å². The second-order valence-corrected chi connectivity index (χ2v) is 6.60. The molecule has 1 aliphatic heterocycles. The zero-order valence-electron chi connectivity index (χ0n) is 13.5. The molecular formula is C17H18N4O2S. The van der Waals surface area contributed by atoms with Gasteiger partial charge in [0.1, 0.15) is 12.4 Å². The van der Waals surface area contributed by atoms with Crippen molar-refractivity contribution in [2.24, 2.45) is 0 Å². The number of rotatable bonds is 4. The number of amides is 2. The maximum atomic E-state index is 12.3. The van der Waals surface area contributed by atoms with Gasteiger partial charge < -0.3 is 15.1 Å². The predicted molar refractivity (Wildman–Crippen MR) is 96.7 cm³/mol. The molecule has 1 aliphatic rings. The Morgan fingerprint density at radius 1 is 1.29 bits per heavy atom. The lowest BCUT2D eigenvalue weighted by atomic mass is 10.2. The number of thioether (sulfide) groups is 1. The van der Waals surface area contributed by atoms with Crippen LogP contribution in [0, 0.1) is 0 Å². The number of nitrogens with one attached hydrogen (secondary N) is 1. The quantitative estimate of drug-likeness (QED) is 0.923. The second kappa shape index (κ2) is 6.92. The number of fused-ring (bicyclic) bond motifs is 1. The maximum absolute atomic E-state index is 12.3. The number of carbonyl (C=O) groups excluding carboxylic acids is 2. The highest BCUT2D eigenvalue weighted by molar-refractivity contribution is 8.00. The van der Waals surface area contributed by atoms with E-state index in [0.717, 1.165) is 16.4 Å². The minimum Gasteiger partial charge on any atom is -0.363 e. The summed E-state index contributed by atoms with van der Waals surface area (Å²) in [6.45, 7) is -0.00810. The van der Waals surface area contributed by atoms with E-state index < -0.39 is 0 Å². The van der Waals surface area contributed by atoms with Crippen molar-refractivity contribution in [3.8, 4) is 0 Å². The Balaban J connectivity index is 1.69. The monoisotopic (exact) mass is 342 g/mol. The molecule has 2 aromatic rings. The molecule has 1 N–H and O–H groups in total. The van der Waals surface area contributed by atoms with E-state index >= 15 is 0 Å². The summed E-state index contributed by atoms with van der Waals surface area (Å²) in [5.41, 5.74) is 1.40. The number of benzene rings is 1. The molecule has 124 valence electrons. The van der Waals surface area contributed by atoms with Gasteiger partial charge in [0, 0.05) is 19.0 Å². The summed E-state index contributed by atoms with van der Waals surface area (Å²) in [4.78, 5) is 33.2. The fourth-order valence-electron chi connectivity index (χ4n) is 2.40. The molecule has 1 aromatic heterocycles. The van der Waals surface area contributed by atoms with E-state index in [1.807, 2.05) is 49.3 Å². The Labute approximate surface area is 144 Å². The minimum atomic E-state index is -0.246. The number of anilines is 3. The Morgan fingerprint density at radius 2 is 2.08 bits per heavy atom. The molecule has 24 heavy (non-hydrogen) atoms. The van der Waals surface area contributed by atoms with Crippen molar-refractivity contribution in [1.82, 2.24) is 4.98 Å². The van der Waals surface area contributed by atoms with Gasteiger partial charge >= 0.3 is 0 Å². The van der Waals surface area contributed by atoms with Crippen LogP contribution in [-0.2, 0) is 9.59 Å². The van der Waals surface area contributed by atoms with E-state index in [9.17, 15) is 9.59 Å². The number of aromatic nitrogens is 1. The first-order valence-corrected chi connectivity index (χ1v) is 8.48. The lowest BCUT2D eigenvalue weighted by Crippen LogP contribution is -2.41. The normalized spacial score (nSPS) is 13.4. The van der Waals surface area contributed by atoms with Crippen LogP contribution in [0.4, 0.5) is 17.2 Å². The molecule has 3 rings (SSSR count). The zero-order valence-corrected chi connectivity index (χ0v) is 14.3. The Kier molecular flexibility index (Phi) is 4.71. The molecule has 0 saturated heterocycles. The third-order valence-corrected chi connectivity index (χ3v) is 4.65. The van der Waals surface area contributed by atoms with Gasteiger partial charge in [-0.15, -0.1) is 11.8 Å². The maximum Gasteiger partial charge on any atom is 0.244 e. The Morgan fingerprint density at radius 3 is 2.79 bits per heavy atom. The van der Waals surface area contributed by atoms with Crippen molar-refractivity contribution in [3.63, 3.8) is 0 Å².